The third-order valence-electron chi connectivity index (χ3n) is 2.86. The molecule has 1 aromatic carbocycles. The average molecular weight is 236 g/mol. The molecule has 1 aromatic rings. The molecule has 1 aliphatic heterocycles. The fourth-order valence-electron chi connectivity index (χ4n) is 1.82. The monoisotopic (exact) mass is 235 g/mol. The van der Waals surface area contributed by atoms with Gasteiger partial charge in [0.05, 0.1) is 10.7 Å². The molecule has 0 aliphatic carbocycles. The zero-order valence-corrected chi connectivity index (χ0v) is 9.95. The molecule has 16 heavy (non-hydrogen) atoms. The van der Waals surface area contributed by atoms with Gasteiger partial charge in [0.1, 0.15) is 6.29 Å². The third-order valence-corrected chi connectivity index (χ3v) is 3.16. The fourth-order valence-corrected chi connectivity index (χ4v) is 2.12. The number of nitrogens with zero attached hydrogens (tertiary/aromatic N) is 1. The minimum atomic E-state index is -0.0942. The average Bonchev–Trinajstić information content (AvgIpc) is 2.81. The second-order valence-corrected chi connectivity index (χ2v) is 4.42. The summed E-state index contributed by atoms with van der Waals surface area (Å²) in [6.45, 7) is 3.68. The molecule has 1 atom stereocenters. The maximum absolute atomic E-state index is 10.7. The standard InChI is InChI=1S/C13H14ClNO/c1-10(9-16)11-4-5-13(12(14)8-11)15-6-2-3-7-15/h2-5,8-10H,6-7H2,1H3. The Morgan fingerprint density at radius 3 is 2.62 bits per heavy atom. The van der Waals surface area contributed by atoms with E-state index in [4.69, 9.17) is 11.6 Å². The molecule has 0 N–H and O–H groups in total. The summed E-state index contributed by atoms with van der Waals surface area (Å²) < 4.78 is 0. The van der Waals surface area contributed by atoms with E-state index < -0.39 is 0 Å². The van der Waals surface area contributed by atoms with Gasteiger partial charge in [-0.1, -0.05) is 36.7 Å². The lowest BCUT2D eigenvalue weighted by molar-refractivity contribution is -0.108. The highest BCUT2D eigenvalue weighted by molar-refractivity contribution is 6.33. The number of rotatable bonds is 3. The van der Waals surface area contributed by atoms with E-state index in [-0.39, 0.29) is 5.92 Å². The summed E-state index contributed by atoms with van der Waals surface area (Å²) in [4.78, 5) is 12.9. The van der Waals surface area contributed by atoms with Gasteiger partial charge in [0.25, 0.3) is 0 Å². The van der Waals surface area contributed by atoms with Crippen molar-refractivity contribution in [3.8, 4) is 0 Å². The van der Waals surface area contributed by atoms with Crippen molar-refractivity contribution in [3.05, 3.63) is 40.9 Å². The molecular formula is C13H14ClNO. The van der Waals surface area contributed by atoms with Crippen LogP contribution >= 0.6 is 11.6 Å². The first-order valence-electron chi connectivity index (χ1n) is 5.37. The summed E-state index contributed by atoms with van der Waals surface area (Å²) in [6.07, 6.45) is 5.18. The van der Waals surface area contributed by atoms with Crippen molar-refractivity contribution >= 4 is 23.6 Å². The molecule has 0 radical (unpaired) electrons. The highest BCUT2D eigenvalue weighted by atomic mass is 35.5. The van der Waals surface area contributed by atoms with Gasteiger partial charge in [0.15, 0.2) is 0 Å². The van der Waals surface area contributed by atoms with Crippen LogP contribution in [0.25, 0.3) is 0 Å². The summed E-state index contributed by atoms with van der Waals surface area (Å²) in [5.41, 5.74) is 2.00. The normalized spacial score (nSPS) is 16.5. The van der Waals surface area contributed by atoms with E-state index in [0.29, 0.717) is 0 Å². The first-order valence-corrected chi connectivity index (χ1v) is 5.75. The minimum absolute atomic E-state index is 0.0942. The number of hydrogen-bond acceptors (Lipinski definition) is 2. The van der Waals surface area contributed by atoms with Crippen molar-refractivity contribution in [3.63, 3.8) is 0 Å². The van der Waals surface area contributed by atoms with E-state index in [2.05, 4.69) is 17.1 Å². The Balaban J connectivity index is 2.25. The van der Waals surface area contributed by atoms with Crippen LogP contribution in [0, 0.1) is 0 Å². The van der Waals surface area contributed by atoms with Gasteiger partial charge in [0, 0.05) is 19.0 Å². The van der Waals surface area contributed by atoms with Gasteiger partial charge in [-0.25, -0.2) is 0 Å². The van der Waals surface area contributed by atoms with Crippen LogP contribution in [0.15, 0.2) is 30.4 Å². The van der Waals surface area contributed by atoms with Gasteiger partial charge in [-0.15, -0.1) is 0 Å². The lowest BCUT2D eigenvalue weighted by atomic mass is 10.0. The predicted molar refractivity (Wildman–Crippen MR) is 67.3 cm³/mol. The Labute approximate surface area is 101 Å². The lowest BCUT2D eigenvalue weighted by Crippen LogP contribution is -2.18. The first kappa shape index (κ1) is 11.2. The lowest BCUT2D eigenvalue weighted by Gasteiger charge is -2.20. The topological polar surface area (TPSA) is 20.3 Å². The number of halogens is 1. The van der Waals surface area contributed by atoms with E-state index in [1.807, 2.05) is 25.1 Å². The number of carbonyl (C=O) groups excluding carboxylic acids is 1. The molecule has 0 fully saturated rings. The Hall–Kier alpha value is -1.28. The van der Waals surface area contributed by atoms with Gasteiger partial charge < -0.3 is 9.69 Å². The molecule has 0 saturated carbocycles. The van der Waals surface area contributed by atoms with Gasteiger partial charge in [-0.05, 0) is 17.7 Å². The zero-order valence-electron chi connectivity index (χ0n) is 9.19. The molecule has 1 aliphatic rings. The quantitative estimate of drug-likeness (QED) is 0.593. The second-order valence-electron chi connectivity index (χ2n) is 4.01. The summed E-state index contributed by atoms with van der Waals surface area (Å²) in [7, 11) is 0. The minimum Gasteiger partial charge on any atom is -0.363 e. The van der Waals surface area contributed by atoms with Gasteiger partial charge in [-0.3, -0.25) is 0 Å². The van der Waals surface area contributed by atoms with Crippen LogP contribution in [-0.4, -0.2) is 19.4 Å². The van der Waals surface area contributed by atoms with Crippen molar-refractivity contribution < 1.29 is 4.79 Å². The number of benzene rings is 1. The number of anilines is 1. The maximum atomic E-state index is 10.7. The molecule has 3 heteroatoms. The SMILES string of the molecule is CC(C=O)c1ccc(N2CC=CC2)c(Cl)c1. The summed E-state index contributed by atoms with van der Waals surface area (Å²) in [6, 6.07) is 5.84. The molecular weight excluding hydrogens is 222 g/mol. The Morgan fingerprint density at radius 1 is 1.38 bits per heavy atom. The van der Waals surface area contributed by atoms with E-state index >= 15 is 0 Å². The smallest absolute Gasteiger partial charge is 0.127 e. The molecule has 2 nitrogen and oxygen atoms in total. The van der Waals surface area contributed by atoms with Crippen LogP contribution in [0.2, 0.25) is 5.02 Å². The van der Waals surface area contributed by atoms with Crippen molar-refractivity contribution in [2.24, 2.45) is 0 Å². The molecule has 2 rings (SSSR count). The number of aldehydes is 1. The van der Waals surface area contributed by atoms with Crippen LogP contribution in [0.5, 0.6) is 0 Å². The van der Waals surface area contributed by atoms with E-state index in [1.54, 1.807) is 0 Å². The van der Waals surface area contributed by atoms with Crippen LogP contribution in [0.3, 0.4) is 0 Å². The summed E-state index contributed by atoms with van der Waals surface area (Å²) in [5.74, 6) is -0.0942. The van der Waals surface area contributed by atoms with E-state index in [1.165, 1.54) is 0 Å². The molecule has 1 heterocycles. The van der Waals surface area contributed by atoms with Crippen LogP contribution in [0.1, 0.15) is 18.4 Å². The summed E-state index contributed by atoms with van der Waals surface area (Å²) in [5, 5.41) is 0.718. The molecule has 0 aromatic heterocycles. The third kappa shape index (κ3) is 2.12. The largest absolute Gasteiger partial charge is 0.363 e. The fraction of sp³-hybridized carbons (Fsp3) is 0.308. The predicted octanol–water partition coefficient (Wildman–Crippen LogP) is 3.02. The van der Waals surface area contributed by atoms with Crippen molar-refractivity contribution in [2.45, 2.75) is 12.8 Å². The van der Waals surface area contributed by atoms with Gasteiger partial charge in [-0.2, -0.15) is 0 Å². The van der Waals surface area contributed by atoms with Crippen molar-refractivity contribution in [1.82, 2.24) is 0 Å². The maximum Gasteiger partial charge on any atom is 0.127 e. The first-order chi connectivity index (χ1) is 7.72. The molecule has 0 saturated heterocycles. The molecule has 1 unspecified atom stereocenters. The summed E-state index contributed by atoms with van der Waals surface area (Å²) >= 11 is 6.23. The Bertz CT molecular complexity index is 420. The molecule has 0 amide bonds. The highest BCUT2D eigenvalue weighted by Gasteiger charge is 2.13. The van der Waals surface area contributed by atoms with Crippen LogP contribution in [-0.2, 0) is 4.79 Å². The van der Waals surface area contributed by atoms with Gasteiger partial charge in [0.2, 0.25) is 0 Å². The zero-order chi connectivity index (χ0) is 11.5. The van der Waals surface area contributed by atoms with E-state index in [0.717, 1.165) is 35.6 Å². The number of hydrogen-bond donors (Lipinski definition) is 0. The van der Waals surface area contributed by atoms with Gasteiger partial charge >= 0.3 is 0 Å². The van der Waals surface area contributed by atoms with Crippen molar-refractivity contribution in [2.75, 3.05) is 18.0 Å². The Morgan fingerprint density at radius 2 is 2.06 bits per heavy atom. The van der Waals surface area contributed by atoms with Crippen molar-refractivity contribution in [1.29, 1.82) is 0 Å². The molecule has 0 bridgehead atoms. The Kier molecular flexibility index (Phi) is 3.30. The highest BCUT2D eigenvalue weighted by Crippen LogP contribution is 2.30. The number of carbonyl (C=O) groups is 1. The molecule has 0 spiro atoms. The van der Waals surface area contributed by atoms with Crippen LogP contribution < -0.4 is 4.90 Å². The second kappa shape index (κ2) is 4.71. The molecule has 84 valence electrons. The van der Waals surface area contributed by atoms with E-state index in [9.17, 15) is 4.79 Å². The van der Waals surface area contributed by atoms with Crippen LogP contribution in [0.4, 0.5) is 5.69 Å².